The van der Waals surface area contributed by atoms with Gasteiger partial charge in [-0.2, -0.15) is 0 Å². The third kappa shape index (κ3) is 3.29. The zero-order valence-corrected chi connectivity index (χ0v) is 12.2. The van der Waals surface area contributed by atoms with E-state index >= 15 is 0 Å². The van der Waals surface area contributed by atoms with E-state index in [1.807, 2.05) is 0 Å². The highest BCUT2D eigenvalue weighted by molar-refractivity contribution is 5.79. The van der Waals surface area contributed by atoms with Crippen LogP contribution in [0.5, 0.6) is 0 Å². The van der Waals surface area contributed by atoms with Crippen LogP contribution in [0.25, 0.3) is 0 Å². The Balaban J connectivity index is 1.91. The Bertz CT molecular complexity index is 303. The summed E-state index contributed by atoms with van der Waals surface area (Å²) in [6.07, 6.45) is 7.57. The van der Waals surface area contributed by atoms with Crippen LogP contribution in [-0.4, -0.2) is 59.1 Å². The number of carboxylic acids is 1. The largest absolute Gasteiger partial charge is 0.480 e. The molecule has 0 aromatic rings. The zero-order chi connectivity index (χ0) is 13.7. The summed E-state index contributed by atoms with van der Waals surface area (Å²) in [7, 11) is 0. The maximum atomic E-state index is 11.7. The molecule has 0 bridgehead atoms. The number of hydrogen-bond acceptors (Lipinski definition) is 3. The molecular formula is C15H28N2O2. The number of carboxylic acid groups (broad SMARTS) is 1. The first-order valence-corrected chi connectivity index (χ1v) is 7.90. The van der Waals surface area contributed by atoms with Crippen LogP contribution in [-0.2, 0) is 4.79 Å². The molecule has 2 saturated heterocycles. The van der Waals surface area contributed by atoms with Crippen LogP contribution in [0.2, 0.25) is 0 Å². The monoisotopic (exact) mass is 268 g/mol. The van der Waals surface area contributed by atoms with E-state index in [4.69, 9.17) is 0 Å². The van der Waals surface area contributed by atoms with E-state index in [1.165, 1.54) is 32.4 Å². The van der Waals surface area contributed by atoms with Crippen LogP contribution in [0.1, 0.15) is 51.9 Å². The highest BCUT2D eigenvalue weighted by atomic mass is 16.4. The lowest BCUT2D eigenvalue weighted by Gasteiger charge is -2.36. The Labute approximate surface area is 116 Å². The Kier molecular flexibility index (Phi) is 5.22. The Morgan fingerprint density at radius 3 is 2.47 bits per heavy atom. The summed E-state index contributed by atoms with van der Waals surface area (Å²) in [6.45, 7) is 7.40. The van der Waals surface area contributed by atoms with Gasteiger partial charge < -0.3 is 10.0 Å². The number of rotatable bonds is 6. The minimum atomic E-state index is -0.606. The molecule has 0 aromatic heterocycles. The zero-order valence-electron chi connectivity index (χ0n) is 12.2. The second kappa shape index (κ2) is 6.71. The van der Waals surface area contributed by atoms with Gasteiger partial charge in [-0.25, -0.2) is 0 Å². The third-order valence-corrected chi connectivity index (χ3v) is 4.82. The molecule has 0 spiro atoms. The summed E-state index contributed by atoms with van der Waals surface area (Å²) < 4.78 is 0. The third-order valence-electron chi connectivity index (χ3n) is 4.82. The van der Waals surface area contributed by atoms with Crippen LogP contribution in [0.4, 0.5) is 0 Å². The molecule has 0 aromatic carbocycles. The lowest BCUT2D eigenvalue weighted by molar-refractivity contribution is -0.150. The smallest absolute Gasteiger partial charge is 0.324 e. The van der Waals surface area contributed by atoms with Crippen molar-refractivity contribution < 1.29 is 9.90 Å². The molecule has 0 amide bonds. The predicted molar refractivity (Wildman–Crippen MR) is 76.4 cm³/mol. The van der Waals surface area contributed by atoms with Crippen molar-refractivity contribution in [3.05, 3.63) is 0 Å². The summed E-state index contributed by atoms with van der Waals surface area (Å²) in [4.78, 5) is 16.5. The molecule has 19 heavy (non-hydrogen) atoms. The molecule has 2 heterocycles. The van der Waals surface area contributed by atoms with Crippen molar-refractivity contribution in [3.8, 4) is 0 Å². The number of piperidine rings is 1. The maximum absolute atomic E-state index is 11.7. The van der Waals surface area contributed by atoms with Crippen LogP contribution in [0.3, 0.4) is 0 Å². The standard InChI is InChI=1S/C15H28N2O2/c1-2-7-15(14(18)19)8-6-11-17(15)13-12-16-9-4-3-5-10-16/h2-13H2,1H3,(H,18,19). The van der Waals surface area contributed by atoms with Crippen molar-refractivity contribution in [2.75, 3.05) is 32.7 Å². The molecule has 1 N–H and O–H groups in total. The van der Waals surface area contributed by atoms with E-state index in [0.717, 1.165) is 45.3 Å². The minimum Gasteiger partial charge on any atom is -0.480 e. The van der Waals surface area contributed by atoms with Gasteiger partial charge in [0.25, 0.3) is 0 Å². The first-order valence-electron chi connectivity index (χ1n) is 7.90. The lowest BCUT2D eigenvalue weighted by atomic mass is 9.90. The van der Waals surface area contributed by atoms with Crippen molar-refractivity contribution >= 4 is 5.97 Å². The van der Waals surface area contributed by atoms with Crippen molar-refractivity contribution in [3.63, 3.8) is 0 Å². The van der Waals surface area contributed by atoms with E-state index in [-0.39, 0.29) is 0 Å². The molecule has 2 aliphatic rings. The molecule has 2 aliphatic heterocycles. The van der Waals surface area contributed by atoms with Crippen molar-refractivity contribution in [1.82, 2.24) is 9.80 Å². The van der Waals surface area contributed by atoms with Crippen LogP contribution >= 0.6 is 0 Å². The van der Waals surface area contributed by atoms with Gasteiger partial charge in [0.1, 0.15) is 5.54 Å². The van der Waals surface area contributed by atoms with Gasteiger partial charge in [0.2, 0.25) is 0 Å². The van der Waals surface area contributed by atoms with Crippen molar-refractivity contribution in [2.45, 2.75) is 57.4 Å². The highest BCUT2D eigenvalue weighted by Gasteiger charge is 2.46. The van der Waals surface area contributed by atoms with Gasteiger partial charge in [-0.3, -0.25) is 9.69 Å². The van der Waals surface area contributed by atoms with Gasteiger partial charge in [0.05, 0.1) is 0 Å². The quantitative estimate of drug-likeness (QED) is 0.802. The molecule has 1 atom stereocenters. The molecule has 110 valence electrons. The molecule has 0 saturated carbocycles. The number of likely N-dealkylation sites (tertiary alicyclic amines) is 2. The lowest BCUT2D eigenvalue weighted by Crippen LogP contribution is -2.52. The summed E-state index contributed by atoms with van der Waals surface area (Å²) in [5.74, 6) is -0.606. The summed E-state index contributed by atoms with van der Waals surface area (Å²) in [5.41, 5.74) is -0.565. The Morgan fingerprint density at radius 1 is 1.11 bits per heavy atom. The summed E-state index contributed by atoms with van der Waals surface area (Å²) in [5, 5.41) is 9.65. The molecule has 4 nitrogen and oxygen atoms in total. The van der Waals surface area contributed by atoms with Crippen LogP contribution < -0.4 is 0 Å². The SMILES string of the molecule is CCCC1(C(=O)O)CCCN1CCN1CCCCC1. The van der Waals surface area contributed by atoms with E-state index in [2.05, 4.69) is 16.7 Å². The minimum absolute atomic E-state index is 0.565. The van der Waals surface area contributed by atoms with Crippen molar-refractivity contribution in [1.29, 1.82) is 0 Å². The van der Waals surface area contributed by atoms with E-state index < -0.39 is 11.5 Å². The van der Waals surface area contributed by atoms with E-state index in [0.29, 0.717) is 0 Å². The first kappa shape index (κ1) is 14.8. The fraction of sp³-hybridized carbons (Fsp3) is 0.933. The van der Waals surface area contributed by atoms with Crippen LogP contribution in [0.15, 0.2) is 0 Å². The normalized spacial score (nSPS) is 29.7. The number of hydrogen-bond donors (Lipinski definition) is 1. The molecule has 2 fully saturated rings. The number of aliphatic carboxylic acids is 1. The second-order valence-corrected chi connectivity index (χ2v) is 6.08. The average Bonchev–Trinajstić information content (AvgIpc) is 2.82. The predicted octanol–water partition coefficient (Wildman–Crippen LogP) is 2.19. The summed E-state index contributed by atoms with van der Waals surface area (Å²) in [6, 6.07) is 0. The summed E-state index contributed by atoms with van der Waals surface area (Å²) >= 11 is 0. The topological polar surface area (TPSA) is 43.8 Å². The molecule has 0 radical (unpaired) electrons. The molecule has 0 aliphatic carbocycles. The fourth-order valence-corrected chi connectivity index (χ4v) is 3.75. The number of nitrogens with zero attached hydrogens (tertiary/aromatic N) is 2. The van der Waals surface area contributed by atoms with E-state index in [9.17, 15) is 9.90 Å². The molecule has 4 heteroatoms. The van der Waals surface area contributed by atoms with Gasteiger partial charge in [-0.05, 0) is 51.7 Å². The number of carbonyl (C=O) groups is 1. The second-order valence-electron chi connectivity index (χ2n) is 6.08. The first-order chi connectivity index (χ1) is 9.19. The maximum Gasteiger partial charge on any atom is 0.324 e. The molecular weight excluding hydrogens is 240 g/mol. The van der Waals surface area contributed by atoms with Gasteiger partial charge in [-0.15, -0.1) is 0 Å². The van der Waals surface area contributed by atoms with Gasteiger partial charge in [-0.1, -0.05) is 19.8 Å². The highest BCUT2D eigenvalue weighted by Crippen LogP contribution is 2.33. The van der Waals surface area contributed by atoms with Gasteiger partial charge >= 0.3 is 5.97 Å². The van der Waals surface area contributed by atoms with Gasteiger partial charge in [0, 0.05) is 13.1 Å². The van der Waals surface area contributed by atoms with Crippen molar-refractivity contribution in [2.24, 2.45) is 0 Å². The van der Waals surface area contributed by atoms with Gasteiger partial charge in [0.15, 0.2) is 0 Å². The Morgan fingerprint density at radius 2 is 1.84 bits per heavy atom. The fourth-order valence-electron chi connectivity index (χ4n) is 3.75. The molecule has 2 rings (SSSR count). The van der Waals surface area contributed by atoms with E-state index in [1.54, 1.807) is 0 Å². The average molecular weight is 268 g/mol. The Hall–Kier alpha value is -0.610. The molecule has 1 unspecified atom stereocenters. The van der Waals surface area contributed by atoms with Crippen LogP contribution in [0, 0.1) is 0 Å².